The van der Waals surface area contributed by atoms with Crippen LogP contribution in [0.25, 0.3) is 0 Å². The summed E-state index contributed by atoms with van der Waals surface area (Å²) in [4.78, 5) is 0.172. The highest BCUT2D eigenvalue weighted by atomic mass is 35.5. The van der Waals surface area contributed by atoms with Crippen LogP contribution in [0.4, 0.5) is 0 Å². The fraction of sp³-hybridized carbons (Fsp3) is 0.625. The van der Waals surface area contributed by atoms with Crippen molar-refractivity contribution in [1.82, 2.24) is 4.31 Å². The number of nitrogens with zero attached hydrogens (tertiary/aromatic N) is 1. The fourth-order valence-electron chi connectivity index (χ4n) is 3.05. The van der Waals surface area contributed by atoms with Gasteiger partial charge >= 0.3 is 0 Å². The molecule has 1 aromatic carbocycles. The number of sulfonamides is 1. The quantitative estimate of drug-likeness (QED) is 0.835. The first-order chi connectivity index (χ1) is 10.3. The average molecular weight is 346 g/mol. The molecule has 6 heteroatoms. The number of aryl methyl sites for hydroxylation is 1. The van der Waals surface area contributed by atoms with Crippen molar-refractivity contribution in [3.63, 3.8) is 0 Å². The average Bonchev–Trinajstić information content (AvgIpc) is 2.41. The van der Waals surface area contributed by atoms with Crippen LogP contribution in [-0.4, -0.2) is 32.4 Å². The summed E-state index contributed by atoms with van der Waals surface area (Å²) < 4.78 is 33.2. The van der Waals surface area contributed by atoms with Crippen molar-refractivity contribution in [2.45, 2.75) is 39.0 Å². The van der Waals surface area contributed by atoms with Gasteiger partial charge < -0.3 is 4.74 Å². The summed E-state index contributed by atoms with van der Waals surface area (Å²) in [7, 11) is -3.60. The van der Waals surface area contributed by atoms with Crippen molar-refractivity contribution >= 4 is 21.6 Å². The Bertz CT molecular complexity index is 635. The minimum Gasteiger partial charge on any atom is -0.492 e. The van der Waals surface area contributed by atoms with Crippen LogP contribution in [0.3, 0.4) is 0 Å². The fourth-order valence-corrected chi connectivity index (χ4v) is 5.09. The molecule has 124 valence electrons. The highest BCUT2D eigenvalue weighted by Crippen LogP contribution is 2.34. The van der Waals surface area contributed by atoms with E-state index in [2.05, 4.69) is 13.8 Å². The minimum absolute atomic E-state index is 0.172. The van der Waals surface area contributed by atoms with Gasteiger partial charge in [0, 0.05) is 18.1 Å². The summed E-state index contributed by atoms with van der Waals surface area (Å²) in [6, 6.07) is 3.22. The van der Waals surface area contributed by atoms with Crippen LogP contribution >= 0.6 is 11.6 Å². The van der Waals surface area contributed by atoms with Gasteiger partial charge in [-0.15, -0.1) is 0 Å². The number of hydrogen-bond acceptors (Lipinski definition) is 3. The van der Waals surface area contributed by atoms with Crippen molar-refractivity contribution < 1.29 is 13.2 Å². The first-order valence-electron chi connectivity index (χ1n) is 7.68. The van der Waals surface area contributed by atoms with Gasteiger partial charge in [0.25, 0.3) is 0 Å². The summed E-state index contributed by atoms with van der Waals surface area (Å²) in [6.07, 6.45) is 1.05. The van der Waals surface area contributed by atoms with Gasteiger partial charge in [-0.05, 0) is 49.8 Å². The highest BCUT2D eigenvalue weighted by Gasteiger charge is 2.33. The second-order valence-electron chi connectivity index (χ2n) is 6.25. The molecule has 0 radical (unpaired) electrons. The number of halogens is 1. The minimum atomic E-state index is -3.60. The molecule has 1 heterocycles. The topological polar surface area (TPSA) is 46.6 Å². The van der Waals surface area contributed by atoms with Gasteiger partial charge in [-0.2, -0.15) is 4.31 Å². The van der Waals surface area contributed by atoms with E-state index >= 15 is 0 Å². The van der Waals surface area contributed by atoms with Gasteiger partial charge in [0.05, 0.1) is 6.61 Å². The second kappa shape index (κ2) is 6.77. The summed E-state index contributed by atoms with van der Waals surface area (Å²) >= 11 is 6.15. The zero-order chi connectivity index (χ0) is 16.5. The third-order valence-electron chi connectivity index (χ3n) is 3.98. The molecule has 0 saturated carbocycles. The van der Waals surface area contributed by atoms with E-state index in [1.807, 2.05) is 13.8 Å². The van der Waals surface area contributed by atoms with Crippen molar-refractivity contribution in [1.29, 1.82) is 0 Å². The summed E-state index contributed by atoms with van der Waals surface area (Å²) in [5.41, 5.74) is 0.810. The van der Waals surface area contributed by atoms with Gasteiger partial charge in [-0.1, -0.05) is 25.4 Å². The number of hydrogen-bond donors (Lipinski definition) is 0. The molecule has 1 aromatic rings. The van der Waals surface area contributed by atoms with E-state index < -0.39 is 10.0 Å². The normalized spacial score (nSPS) is 23.5. The molecule has 0 aromatic heterocycles. The molecule has 0 amide bonds. The number of ether oxygens (including phenoxy) is 1. The Morgan fingerprint density at radius 3 is 2.41 bits per heavy atom. The SMILES string of the molecule is CCOc1cc(C)c(Cl)cc1S(=O)(=O)N1C[C@H](C)C[C@@H](C)C1. The molecular weight excluding hydrogens is 322 g/mol. The molecule has 2 rings (SSSR count). The second-order valence-corrected chi connectivity index (χ2v) is 8.56. The zero-order valence-electron chi connectivity index (χ0n) is 13.6. The van der Waals surface area contributed by atoms with Crippen molar-refractivity contribution in [3.05, 3.63) is 22.7 Å². The largest absolute Gasteiger partial charge is 0.492 e. The lowest BCUT2D eigenvalue weighted by Gasteiger charge is -2.34. The summed E-state index contributed by atoms with van der Waals surface area (Å²) in [6.45, 7) is 9.36. The van der Waals surface area contributed by atoms with Gasteiger partial charge in [0.2, 0.25) is 10.0 Å². The van der Waals surface area contributed by atoms with E-state index in [-0.39, 0.29) is 4.90 Å². The molecule has 22 heavy (non-hydrogen) atoms. The summed E-state index contributed by atoms with van der Waals surface area (Å²) in [5, 5.41) is 0.445. The van der Waals surface area contributed by atoms with E-state index in [1.54, 1.807) is 10.4 Å². The first kappa shape index (κ1) is 17.6. The molecule has 4 nitrogen and oxygen atoms in total. The smallest absolute Gasteiger partial charge is 0.246 e. The van der Waals surface area contributed by atoms with Crippen molar-refractivity contribution in [3.8, 4) is 5.75 Å². The number of rotatable bonds is 4. The van der Waals surface area contributed by atoms with Crippen LogP contribution in [0.1, 0.15) is 32.8 Å². The van der Waals surface area contributed by atoms with E-state index in [0.717, 1.165) is 12.0 Å². The lowest BCUT2D eigenvalue weighted by Crippen LogP contribution is -2.42. The lowest BCUT2D eigenvalue weighted by atomic mass is 9.94. The lowest BCUT2D eigenvalue weighted by molar-refractivity contribution is 0.222. The Morgan fingerprint density at radius 1 is 1.27 bits per heavy atom. The van der Waals surface area contributed by atoms with Crippen LogP contribution in [-0.2, 0) is 10.0 Å². The standard InChI is InChI=1S/C16H24ClNO3S/c1-5-21-15-7-13(4)14(17)8-16(15)22(19,20)18-9-11(2)6-12(3)10-18/h7-8,11-12H,5-6,9-10H2,1-4H3/t11-,12-/m1/s1. The monoisotopic (exact) mass is 345 g/mol. The van der Waals surface area contributed by atoms with E-state index in [4.69, 9.17) is 16.3 Å². The first-order valence-corrected chi connectivity index (χ1v) is 9.50. The molecule has 0 aliphatic carbocycles. The number of benzene rings is 1. The molecule has 1 saturated heterocycles. The predicted molar refractivity (Wildman–Crippen MR) is 89.1 cm³/mol. The van der Waals surface area contributed by atoms with Gasteiger partial charge in [0.1, 0.15) is 10.6 Å². The third-order valence-corrected chi connectivity index (χ3v) is 6.24. The van der Waals surface area contributed by atoms with Crippen LogP contribution in [0.2, 0.25) is 5.02 Å². The Morgan fingerprint density at radius 2 is 1.86 bits per heavy atom. The van der Waals surface area contributed by atoms with Crippen LogP contribution < -0.4 is 4.74 Å². The van der Waals surface area contributed by atoms with Gasteiger partial charge in [-0.3, -0.25) is 0 Å². The Balaban J connectivity index is 2.46. The van der Waals surface area contributed by atoms with Crippen molar-refractivity contribution in [2.75, 3.05) is 19.7 Å². The summed E-state index contributed by atoms with van der Waals surface area (Å²) in [5.74, 6) is 1.10. The van der Waals surface area contributed by atoms with E-state index in [9.17, 15) is 8.42 Å². The molecule has 1 fully saturated rings. The zero-order valence-corrected chi connectivity index (χ0v) is 15.2. The molecule has 0 N–H and O–H groups in total. The molecular formula is C16H24ClNO3S. The highest BCUT2D eigenvalue weighted by molar-refractivity contribution is 7.89. The molecule has 1 aliphatic heterocycles. The van der Waals surface area contributed by atoms with Crippen LogP contribution in [0, 0.1) is 18.8 Å². The Kier molecular flexibility index (Phi) is 5.41. The van der Waals surface area contributed by atoms with E-state index in [0.29, 0.717) is 42.3 Å². The maximum absolute atomic E-state index is 13.0. The van der Waals surface area contributed by atoms with Crippen LogP contribution in [0.15, 0.2) is 17.0 Å². The molecule has 0 unspecified atom stereocenters. The molecule has 2 atom stereocenters. The number of piperidine rings is 1. The van der Waals surface area contributed by atoms with E-state index in [1.165, 1.54) is 6.07 Å². The predicted octanol–water partition coefficient (Wildman–Crippen LogP) is 3.71. The Labute approximate surface area is 138 Å². The van der Waals surface area contributed by atoms with Gasteiger partial charge in [-0.25, -0.2) is 8.42 Å². The maximum atomic E-state index is 13.0. The van der Waals surface area contributed by atoms with Gasteiger partial charge in [0.15, 0.2) is 0 Å². The van der Waals surface area contributed by atoms with Crippen molar-refractivity contribution in [2.24, 2.45) is 11.8 Å². The van der Waals surface area contributed by atoms with Crippen LogP contribution in [0.5, 0.6) is 5.75 Å². The third kappa shape index (κ3) is 3.58. The molecule has 0 spiro atoms. The molecule has 0 bridgehead atoms. The molecule has 1 aliphatic rings. The Hall–Kier alpha value is -0.780. The maximum Gasteiger partial charge on any atom is 0.246 e.